The highest BCUT2D eigenvalue weighted by atomic mass is 32.2. The van der Waals surface area contributed by atoms with Crippen LogP contribution in [-0.4, -0.2) is 67.8 Å². The van der Waals surface area contributed by atoms with Crippen LogP contribution in [0.15, 0.2) is 24.3 Å². The quantitative estimate of drug-likeness (QED) is 0.602. The van der Waals surface area contributed by atoms with Crippen molar-refractivity contribution >= 4 is 27.6 Å². The Bertz CT molecular complexity index is 975. The molecule has 2 amide bonds. The van der Waals surface area contributed by atoms with Crippen molar-refractivity contribution in [3.63, 3.8) is 0 Å². The second kappa shape index (κ2) is 10.2. The zero-order valence-electron chi connectivity index (χ0n) is 19.6. The lowest BCUT2D eigenvalue weighted by molar-refractivity contribution is -0.153. The number of amides is 2. The number of nitrogens with one attached hydrogen (secondary N) is 1. The van der Waals surface area contributed by atoms with Gasteiger partial charge in [0.1, 0.15) is 6.54 Å². The molecule has 1 aliphatic heterocycles. The molecule has 33 heavy (non-hydrogen) atoms. The van der Waals surface area contributed by atoms with E-state index < -0.39 is 28.3 Å². The fourth-order valence-corrected chi connectivity index (χ4v) is 6.24. The number of hydrogen-bond donors (Lipinski definition) is 1. The van der Waals surface area contributed by atoms with Crippen LogP contribution in [0.4, 0.5) is 0 Å². The summed E-state index contributed by atoms with van der Waals surface area (Å²) >= 11 is 0. The van der Waals surface area contributed by atoms with Crippen LogP contribution in [-0.2, 0) is 29.6 Å². The highest BCUT2D eigenvalue weighted by molar-refractivity contribution is 7.91. The van der Waals surface area contributed by atoms with Crippen molar-refractivity contribution in [2.24, 2.45) is 0 Å². The Morgan fingerprint density at radius 3 is 2.21 bits per heavy atom. The van der Waals surface area contributed by atoms with Crippen molar-refractivity contribution in [2.75, 3.05) is 24.7 Å². The number of carbonyl (C=O) groups excluding carboxylic acids is 3. The predicted molar refractivity (Wildman–Crippen MR) is 125 cm³/mol. The molecule has 9 heteroatoms. The zero-order chi connectivity index (χ0) is 24.2. The molecular formula is C24H34N2O6S. The monoisotopic (exact) mass is 478 g/mol. The van der Waals surface area contributed by atoms with Crippen molar-refractivity contribution in [3.8, 4) is 0 Å². The first-order valence-corrected chi connectivity index (χ1v) is 13.3. The minimum absolute atomic E-state index is 0.00900. The molecule has 2 fully saturated rings. The van der Waals surface area contributed by atoms with E-state index in [1.165, 1.54) is 0 Å². The molecule has 1 aromatic carbocycles. The smallest absolute Gasteiger partial charge is 0.325 e. The van der Waals surface area contributed by atoms with E-state index in [0.29, 0.717) is 12.0 Å². The molecule has 1 aromatic rings. The summed E-state index contributed by atoms with van der Waals surface area (Å²) in [6.45, 7) is 5.44. The number of nitrogens with zero attached hydrogens (tertiary/aromatic N) is 1. The van der Waals surface area contributed by atoms with E-state index in [1.807, 2.05) is 12.1 Å². The number of esters is 1. The van der Waals surface area contributed by atoms with Crippen molar-refractivity contribution in [1.29, 1.82) is 0 Å². The maximum Gasteiger partial charge on any atom is 0.325 e. The van der Waals surface area contributed by atoms with Crippen LogP contribution < -0.4 is 5.32 Å². The first-order valence-electron chi connectivity index (χ1n) is 11.5. The average Bonchev–Trinajstić information content (AvgIpc) is 3.40. The van der Waals surface area contributed by atoms with Crippen molar-refractivity contribution in [2.45, 2.75) is 70.4 Å². The first kappa shape index (κ1) is 25.2. The van der Waals surface area contributed by atoms with E-state index in [9.17, 15) is 22.8 Å². The van der Waals surface area contributed by atoms with E-state index in [4.69, 9.17) is 4.74 Å². The molecular weight excluding hydrogens is 444 g/mol. The summed E-state index contributed by atoms with van der Waals surface area (Å²) in [6, 6.07) is 6.81. The van der Waals surface area contributed by atoms with E-state index in [-0.39, 0.29) is 41.5 Å². The van der Waals surface area contributed by atoms with Gasteiger partial charge in [0.2, 0.25) is 0 Å². The Kier molecular flexibility index (Phi) is 7.82. The third-order valence-electron chi connectivity index (χ3n) is 6.37. The fourth-order valence-electron chi connectivity index (χ4n) is 4.53. The molecule has 1 saturated carbocycles. The number of sulfone groups is 1. The van der Waals surface area contributed by atoms with Crippen LogP contribution in [0.3, 0.4) is 0 Å². The normalized spacial score (nSPS) is 20.4. The summed E-state index contributed by atoms with van der Waals surface area (Å²) in [7, 11) is -3.14. The maximum atomic E-state index is 12.9. The van der Waals surface area contributed by atoms with Crippen LogP contribution in [0.25, 0.3) is 0 Å². The molecule has 1 N–H and O–H groups in total. The van der Waals surface area contributed by atoms with Crippen molar-refractivity contribution in [3.05, 3.63) is 35.4 Å². The van der Waals surface area contributed by atoms with Gasteiger partial charge in [-0.2, -0.15) is 0 Å². The van der Waals surface area contributed by atoms with Gasteiger partial charge in [-0.3, -0.25) is 14.4 Å². The largest absolute Gasteiger partial charge is 0.454 e. The summed E-state index contributed by atoms with van der Waals surface area (Å²) in [4.78, 5) is 39.0. The Labute approximate surface area is 196 Å². The minimum Gasteiger partial charge on any atom is -0.454 e. The Morgan fingerprint density at radius 2 is 1.67 bits per heavy atom. The zero-order valence-corrected chi connectivity index (χ0v) is 20.4. The number of rotatable bonds is 7. The Hall–Kier alpha value is -2.42. The molecule has 0 aromatic heterocycles. The summed E-state index contributed by atoms with van der Waals surface area (Å²) in [6.07, 6.45) is 4.08. The Balaban J connectivity index is 1.50. The van der Waals surface area contributed by atoms with E-state index in [1.54, 1.807) is 17.0 Å². The number of ether oxygens (including phenoxy) is 1. The SMILES string of the molecule is CC(C)(C)c1ccc(C(=O)NCC(=O)OCC(=O)N(C2CCCC2)C2CCS(=O)(=O)C2)cc1. The van der Waals surface area contributed by atoms with Gasteiger partial charge in [0.25, 0.3) is 11.8 Å². The van der Waals surface area contributed by atoms with Gasteiger partial charge in [-0.15, -0.1) is 0 Å². The number of benzene rings is 1. The lowest BCUT2D eigenvalue weighted by Gasteiger charge is -2.33. The molecule has 182 valence electrons. The average molecular weight is 479 g/mol. The van der Waals surface area contributed by atoms with Crippen molar-refractivity contribution in [1.82, 2.24) is 10.2 Å². The van der Waals surface area contributed by atoms with Gasteiger partial charge in [-0.1, -0.05) is 45.7 Å². The molecule has 1 aliphatic carbocycles. The molecule has 3 rings (SSSR count). The highest BCUT2D eigenvalue weighted by Gasteiger charge is 2.39. The lowest BCUT2D eigenvalue weighted by Crippen LogP contribution is -2.48. The summed E-state index contributed by atoms with van der Waals surface area (Å²) in [5, 5.41) is 2.51. The summed E-state index contributed by atoms with van der Waals surface area (Å²) in [5.74, 6) is -1.44. The second-order valence-electron chi connectivity index (χ2n) is 9.97. The molecule has 1 heterocycles. The van der Waals surface area contributed by atoms with Gasteiger partial charge < -0.3 is 15.0 Å². The molecule has 1 saturated heterocycles. The fraction of sp³-hybridized carbons (Fsp3) is 0.625. The predicted octanol–water partition coefficient (Wildman–Crippen LogP) is 2.22. The van der Waals surface area contributed by atoms with Crippen LogP contribution in [0, 0.1) is 0 Å². The van der Waals surface area contributed by atoms with Crippen LogP contribution in [0.5, 0.6) is 0 Å². The van der Waals surface area contributed by atoms with Gasteiger partial charge in [-0.25, -0.2) is 8.42 Å². The van der Waals surface area contributed by atoms with Crippen molar-refractivity contribution < 1.29 is 27.5 Å². The molecule has 1 atom stereocenters. The summed E-state index contributed by atoms with van der Waals surface area (Å²) in [5.41, 5.74) is 1.50. The van der Waals surface area contributed by atoms with Crippen LogP contribution in [0.1, 0.15) is 68.8 Å². The third-order valence-corrected chi connectivity index (χ3v) is 8.12. The molecule has 0 bridgehead atoms. The number of hydrogen-bond acceptors (Lipinski definition) is 6. The molecule has 0 radical (unpaired) electrons. The highest BCUT2D eigenvalue weighted by Crippen LogP contribution is 2.29. The lowest BCUT2D eigenvalue weighted by atomic mass is 9.87. The van der Waals surface area contributed by atoms with Gasteiger partial charge in [0.15, 0.2) is 16.4 Å². The first-order chi connectivity index (χ1) is 15.5. The molecule has 2 aliphatic rings. The maximum absolute atomic E-state index is 12.9. The van der Waals surface area contributed by atoms with Gasteiger partial charge in [-0.05, 0) is 42.4 Å². The molecule has 8 nitrogen and oxygen atoms in total. The minimum atomic E-state index is -3.14. The van der Waals surface area contributed by atoms with E-state index in [2.05, 4.69) is 26.1 Å². The van der Waals surface area contributed by atoms with Gasteiger partial charge >= 0.3 is 5.97 Å². The topological polar surface area (TPSA) is 110 Å². The second-order valence-corrected chi connectivity index (χ2v) is 12.2. The Morgan fingerprint density at radius 1 is 1.03 bits per heavy atom. The molecule has 1 unspecified atom stereocenters. The van der Waals surface area contributed by atoms with E-state index >= 15 is 0 Å². The molecule has 0 spiro atoms. The van der Waals surface area contributed by atoms with Crippen LogP contribution in [0.2, 0.25) is 0 Å². The van der Waals surface area contributed by atoms with Crippen LogP contribution >= 0.6 is 0 Å². The number of carbonyl (C=O) groups is 3. The standard InChI is InChI=1S/C24H34N2O6S/c1-24(2,3)18-10-8-17(9-11-18)23(29)25-14-22(28)32-15-21(27)26(19-6-4-5-7-19)20-12-13-33(30,31)16-20/h8-11,19-20H,4-7,12-16H2,1-3H3,(H,25,29). The van der Waals surface area contributed by atoms with E-state index in [0.717, 1.165) is 31.2 Å². The van der Waals surface area contributed by atoms with Gasteiger partial charge in [0, 0.05) is 17.6 Å². The summed E-state index contributed by atoms with van der Waals surface area (Å²) < 4.78 is 28.9. The van der Waals surface area contributed by atoms with Gasteiger partial charge in [0.05, 0.1) is 11.5 Å². The third kappa shape index (κ3) is 6.79.